The second kappa shape index (κ2) is 4.52. The summed E-state index contributed by atoms with van der Waals surface area (Å²) in [7, 11) is 0. The lowest BCUT2D eigenvalue weighted by Crippen LogP contribution is -2.42. The first-order valence-electron chi connectivity index (χ1n) is 4.87. The van der Waals surface area contributed by atoms with Crippen LogP contribution in [-0.4, -0.2) is 33.6 Å². The minimum atomic E-state index is -1.34. The topological polar surface area (TPSA) is 107 Å². The number of hydrogen-bond acceptors (Lipinski definition) is 5. The van der Waals surface area contributed by atoms with Crippen LogP contribution in [0.3, 0.4) is 0 Å². The highest BCUT2D eigenvalue weighted by Crippen LogP contribution is 2.32. The normalized spacial score (nSPS) is 31.1. The number of nitrogens with zero attached hydrogens (tertiary/aromatic N) is 2. The van der Waals surface area contributed by atoms with Crippen LogP contribution in [0.25, 0.3) is 0 Å². The van der Waals surface area contributed by atoms with Crippen molar-refractivity contribution in [3.63, 3.8) is 0 Å². The largest absolute Gasteiger partial charge is 0.383 e. The molecule has 7 nitrogen and oxygen atoms in total. The van der Waals surface area contributed by atoms with E-state index in [0.29, 0.717) is 19.3 Å². The highest BCUT2D eigenvalue weighted by atomic mass is 16.6. The van der Waals surface area contributed by atoms with E-state index in [1.54, 1.807) is 0 Å². The third-order valence-corrected chi connectivity index (χ3v) is 2.75. The van der Waals surface area contributed by atoms with E-state index in [1.807, 2.05) is 0 Å². The van der Waals surface area contributed by atoms with Gasteiger partial charge in [-0.3, -0.25) is 20.2 Å². The van der Waals surface area contributed by atoms with E-state index in [-0.39, 0.29) is 18.9 Å². The van der Waals surface area contributed by atoms with Gasteiger partial charge in [0.25, 0.3) is 0 Å². The summed E-state index contributed by atoms with van der Waals surface area (Å²) in [4.78, 5) is 19.6. The molecule has 1 saturated carbocycles. The van der Waals surface area contributed by atoms with Gasteiger partial charge in [-0.15, -0.1) is 0 Å². The first-order valence-corrected chi connectivity index (χ1v) is 4.87. The van der Waals surface area contributed by atoms with Gasteiger partial charge < -0.3 is 5.11 Å². The lowest BCUT2D eigenvalue weighted by molar-refractivity contribution is -0.508. The summed E-state index contributed by atoms with van der Waals surface area (Å²) in [5.41, 5.74) is -1.34. The Balaban J connectivity index is 2.54. The Hall–Kier alpha value is -1.24. The zero-order valence-corrected chi connectivity index (χ0v) is 8.29. The van der Waals surface area contributed by atoms with Gasteiger partial charge in [0.15, 0.2) is 0 Å². The van der Waals surface area contributed by atoms with Crippen LogP contribution in [0.1, 0.15) is 25.7 Å². The third-order valence-electron chi connectivity index (χ3n) is 2.75. The minimum absolute atomic E-state index is 0.162. The van der Waals surface area contributed by atoms with Crippen molar-refractivity contribution in [3.8, 4) is 0 Å². The molecule has 1 fully saturated rings. The lowest BCUT2D eigenvalue weighted by Gasteiger charge is -2.31. The summed E-state index contributed by atoms with van der Waals surface area (Å²) in [6, 6.07) is 0. The number of rotatable bonds is 4. The van der Waals surface area contributed by atoms with E-state index in [1.165, 1.54) is 0 Å². The van der Waals surface area contributed by atoms with Gasteiger partial charge in [0.2, 0.25) is 13.1 Å². The molecule has 0 spiro atoms. The summed E-state index contributed by atoms with van der Waals surface area (Å²) < 4.78 is 0. The van der Waals surface area contributed by atoms with E-state index in [9.17, 15) is 25.3 Å². The molecule has 15 heavy (non-hydrogen) atoms. The number of hydrogen-bond donors (Lipinski definition) is 1. The van der Waals surface area contributed by atoms with Crippen molar-refractivity contribution in [1.29, 1.82) is 0 Å². The molecule has 0 aromatic carbocycles. The van der Waals surface area contributed by atoms with Crippen LogP contribution in [0.4, 0.5) is 0 Å². The quantitative estimate of drug-likeness (QED) is 0.545. The Labute approximate surface area is 86.4 Å². The minimum Gasteiger partial charge on any atom is -0.383 e. The average molecular weight is 218 g/mol. The SMILES string of the molecule is O=[N+]([O-])C[C@H]1CCC[C@@](O)(C[N+](=O)[O-])C1. The first-order chi connectivity index (χ1) is 6.91. The fourth-order valence-electron chi connectivity index (χ4n) is 2.21. The molecule has 2 atom stereocenters. The number of nitro groups is 2. The molecular weight excluding hydrogens is 204 g/mol. The van der Waals surface area contributed by atoms with E-state index in [4.69, 9.17) is 0 Å². The summed E-state index contributed by atoms with van der Waals surface area (Å²) in [5.74, 6) is -0.237. The molecule has 86 valence electrons. The van der Waals surface area contributed by atoms with Crippen molar-refractivity contribution >= 4 is 0 Å². The van der Waals surface area contributed by atoms with Crippen molar-refractivity contribution in [2.24, 2.45) is 5.92 Å². The zero-order valence-electron chi connectivity index (χ0n) is 8.29. The molecule has 1 rings (SSSR count). The van der Waals surface area contributed by atoms with E-state index in [0.717, 1.165) is 0 Å². The average Bonchev–Trinajstić information content (AvgIpc) is 1.99. The third kappa shape index (κ3) is 3.78. The second-order valence-corrected chi connectivity index (χ2v) is 4.19. The van der Waals surface area contributed by atoms with Gasteiger partial charge in [-0.1, -0.05) is 0 Å². The second-order valence-electron chi connectivity index (χ2n) is 4.19. The monoisotopic (exact) mass is 218 g/mol. The van der Waals surface area contributed by atoms with Gasteiger partial charge in [0, 0.05) is 15.8 Å². The summed E-state index contributed by atoms with van der Waals surface area (Å²) in [5, 5.41) is 30.5. The van der Waals surface area contributed by atoms with E-state index >= 15 is 0 Å². The van der Waals surface area contributed by atoms with Crippen molar-refractivity contribution < 1.29 is 15.0 Å². The van der Waals surface area contributed by atoms with Crippen molar-refractivity contribution in [2.45, 2.75) is 31.3 Å². The summed E-state index contributed by atoms with van der Waals surface area (Å²) in [6.07, 6.45) is 1.81. The van der Waals surface area contributed by atoms with Crippen molar-refractivity contribution in [3.05, 3.63) is 20.2 Å². The molecule has 0 radical (unpaired) electrons. The number of aliphatic hydroxyl groups is 1. The molecule has 0 bridgehead atoms. The Bertz CT molecular complexity index is 270. The van der Waals surface area contributed by atoms with Crippen LogP contribution in [0, 0.1) is 26.1 Å². The standard InChI is InChI=1S/C8H14N2O5/c11-8(6-10(14)15)3-1-2-7(4-8)5-9(12)13/h7,11H,1-6H2/t7-,8-/m0/s1. The molecule has 7 heteroatoms. The molecule has 1 aliphatic rings. The van der Waals surface area contributed by atoms with E-state index < -0.39 is 22.0 Å². The molecule has 0 saturated heterocycles. The van der Waals surface area contributed by atoms with Gasteiger partial charge in [-0.2, -0.15) is 0 Å². The van der Waals surface area contributed by atoms with Gasteiger partial charge in [-0.05, 0) is 25.7 Å². The van der Waals surface area contributed by atoms with Gasteiger partial charge >= 0.3 is 0 Å². The van der Waals surface area contributed by atoms with Crippen molar-refractivity contribution in [2.75, 3.05) is 13.1 Å². The van der Waals surface area contributed by atoms with Gasteiger partial charge in [0.1, 0.15) is 5.60 Å². The molecule has 0 unspecified atom stereocenters. The smallest absolute Gasteiger partial charge is 0.232 e. The van der Waals surface area contributed by atoms with Crippen LogP contribution in [0.15, 0.2) is 0 Å². The van der Waals surface area contributed by atoms with Crippen LogP contribution in [-0.2, 0) is 0 Å². The van der Waals surface area contributed by atoms with Crippen molar-refractivity contribution in [1.82, 2.24) is 0 Å². The fraction of sp³-hybridized carbons (Fsp3) is 1.00. The molecule has 0 heterocycles. The predicted octanol–water partition coefficient (Wildman–Crippen LogP) is 0.461. The van der Waals surface area contributed by atoms with Crippen LogP contribution in [0.5, 0.6) is 0 Å². The summed E-state index contributed by atoms with van der Waals surface area (Å²) >= 11 is 0. The lowest BCUT2D eigenvalue weighted by atomic mass is 9.78. The maximum atomic E-state index is 10.3. The molecule has 1 N–H and O–H groups in total. The summed E-state index contributed by atoms with van der Waals surface area (Å²) in [6.45, 7) is -0.721. The zero-order chi connectivity index (χ0) is 11.5. The van der Waals surface area contributed by atoms with Gasteiger partial charge in [-0.25, -0.2) is 0 Å². The van der Waals surface area contributed by atoms with E-state index in [2.05, 4.69) is 0 Å². The molecule has 0 amide bonds. The maximum Gasteiger partial charge on any atom is 0.232 e. The highest BCUT2D eigenvalue weighted by molar-refractivity contribution is 4.85. The molecule has 0 aromatic heterocycles. The van der Waals surface area contributed by atoms with Gasteiger partial charge in [0.05, 0.1) is 0 Å². The Morgan fingerprint density at radius 3 is 2.53 bits per heavy atom. The molecule has 1 aliphatic carbocycles. The van der Waals surface area contributed by atoms with Crippen LogP contribution in [0.2, 0.25) is 0 Å². The highest BCUT2D eigenvalue weighted by Gasteiger charge is 2.40. The Morgan fingerprint density at radius 2 is 2.00 bits per heavy atom. The van der Waals surface area contributed by atoms with Crippen LogP contribution >= 0.6 is 0 Å². The Kier molecular flexibility index (Phi) is 3.57. The van der Waals surface area contributed by atoms with Crippen LogP contribution < -0.4 is 0 Å². The first kappa shape index (κ1) is 11.8. The molecular formula is C8H14N2O5. The maximum absolute atomic E-state index is 10.3. The molecule has 0 aliphatic heterocycles. The fourth-order valence-corrected chi connectivity index (χ4v) is 2.21. The predicted molar refractivity (Wildman–Crippen MR) is 50.6 cm³/mol. The molecule has 0 aromatic rings. The Morgan fingerprint density at radius 1 is 1.33 bits per heavy atom.